The molecule has 0 unspecified atom stereocenters. The van der Waals surface area contributed by atoms with E-state index in [1.165, 1.54) is 12.4 Å². The number of hydrogen-bond donors (Lipinski definition) is 8. The van der Waals surface area contributed by atoms with Crippen molar-refractivity contribution in [3.63, 3.8) is 0 Å². The molecule has 16 heteroatoms. The fraction of sp³-hybridized carbons (Fsp3) is 0.444. The number of aromatic nitrogens is 2. The highest BCUT2D eigenvalue weighted by Gasteiger charge is 2.19. The van der Waals surface area contributed by atoms with Gasteiger partial charge in [0.25, 0.3) is 0 Å². The fourth-order valence-electron chi connectivity index (χ4n) is 2.92. The van der Waals surface area contributed by atoms with Crippen molar-refractivity contribution in [2.75, 3.05) is 13.1 Å². The van der Waals surface area contributed by atoms with E-state index in [0.29, 0.717) is 46.7 Å². The zero-order valence-corrected chi connectivity index (χ0v) is 20.3. The lowest BCUT2D eigenvalue weighted by Gasteiger charge is -2.16. The molecule has 0 saturated heterocycles. The molecule has 0 amide bonds. The van der Waals surface area contributed by atoms with E-state index in [-0.39, 0.29) is 24.6 Å². The molecule has 0 spiro atoms. The Morgan fingerprint density at radius 3 is 1.44 bits per heavy atom. The summed E-state index contributed by atoms with van der Waals surface area (Å²) < 4.78 is 31.0. The average molecular weight is 522 g/mol. The number of aryl methyl sites for hydroxylation is 2. The molecular formula is C18H28N4O10P2. The molecule has 2 heterocycles. The Hall–Kier alpha value is -1.96. The topological polar surface area (TPSA) is 224 Å². The highest BCUT2D eigenvalue weighted by Crippen LogP contribution is 2.39. The fourth-order valence-corrected chi connectivity index (χ4v) is 3.54. The van der Waals surface area contributed by atoms with Gasteiger partial charge < -0.3 is 40.4 Å². The van der Waals surface area contributed by atoms with Crippen molar-refractivity contribution in [1.29, 1.82) is 0 Å². The average Bonchev–Trinajstić information content (AvgIpc) is 2.73. The van der Waals surface area contributed by atoms with Gasteiger partial charge in [0.2, 0.25) is 0 Å². The predicted octanol–water partition coefficient (Wildman–Crippen LogP) is 0.603. The molecule has 8 N–H and O–H groups in total. The summed E-state index contributed by atoms with van der Waals surface area (Å²) in [5, 5.41) is 26.7. The second-order valence-electron chi connectivity index (χ2n) is 7.27. The van der Waals surface area contributed by atoms with E-state index in [9.17, 15) is 19.3 Å². The first-order chi connectivity index (χ1) is 15.8. The Morgan fingerprint density at radius 2 is 1.12 bits per heavy atom. The van der Waals surface area contributed by atoms with Crippen molar-refractivity contribution in [3.8, 4) is 11.5 Å². The highest BCUT2D eigenvalue weighted by molar-refractivity contribution is 7.46. The molecule has 0 aliphatic carbocycles. The van der Waals surface area contributed by atoms with Crippen molar-refractivity contribution < 1.29 is 48.0 Å². The minimum Gasteiger partial charge on any atom is -0.506 e. The Kier molecular flexibility index (Phi) is 10.1. The van der Waals surface area contributed by atoms with Gasteiger partial charge in [-0.25, -0.2) is 9.13 Å². The Bertz CT molecular complexity index is 1000. The maximum atomic E-state index is 11.0. The molecule has 34 heavy (non-hydrogen) atoms. The summed E-state index contributed by atoms with van der Waals surface area (Å²) in [5.74, 6) is -0.224. The van der Waals surface area contributed by atoms with E-state index in [1.54, 1.807) is 13.8 Å². The summed E-state index contributed by atoms with van der Waals surface area (Å²) in [5.41, 5.74) is 2.12. The SMILES string of the molecule is Cc1ncc(COP(=O)(O)O)c(CNCCNCc2c(COP(=O)(O)O)cnc(C)c2O)c1O. The molecule has 0 bridgehead atoms. The predicted molar refractivity (Wildman–Crippen MR) is 118 cm³/mol. The van der Waals surface area contributed by atoms with Crippen LogP contribution in [0.1, 0.15) is 33.6 Å². The van der Waals surface area contributed by atoms with Crippen LogP contribution in [0.3, 0.4) is 0 Å². The van der Waals surface area contributed by atoms with Crippen LogP contribution in [0.15, 0.2) is 12.4 Å². The van der Waals surface area contributed by atoms with Crippen LogP contribution < -0.4 is 10.6 Å². The number of phosphoric ester groups is 2. The van der Waals surface area contributed by atoms with Crippen LogP contribution in [0.5, 0.6) is 11.5 Å². The smallest absolute Gasteiger partial charge is 0.469 e. The van der Waals surface area contributed by atoms with Gasteiger partial charge in [0, 0.05) is 60.8 Å². The molecule has 2 aromatic rings. The van der Waals surface area contributed by atoms with Crippen molar-refractivity contribution in [2.24, 2.45) is 0 Å². The molecule has 0 atom stereocenters. The molecule has 190 valence electrons. The summed E-state index contributed by atoms with van der Waals surface area (Å²) in [6, 6.07) is 0. The van der Waals surface area contributed by atoms with E-state index in [2.05, 4.69) is 29.6 Å². The van der Waals surface area contributed by atoms with Gasteiger partial charge in [-0.2, -0.15) is 0 Å². The molecular weight excluding hydrogens is 494 g/mol. The minimum atomic E-state index is -4.69. The summed E-state index contributed by atoms with van der Waals surface area (Å²) in [4.78, 5) is 43.6. The van der Waals surface area contributed by atoms with E-state index < -0.39 is 28.9 Å². The third-order valence-electron chi connectivity index (χ3n) is 4.72. The molecule has 0 aromatic carbocycles. The maximum absolute atomic E-state index is 11.0. The zero-order valence-electron chi connectivity index (χ0n) is 18.5. The highest BCUT2D eigenvalue weighted by atomic mass is 31.2. The number of rotatable bonds is 13. The van der Waals surface area contributed by atoms with Crippen LogP contribution in [0.2, 0.25) is 0 Å². The van der Waals surface area contributed by atoms with Gasteiger partial charge in [-0.1, -0.05) is 0 Å². The standard InChI is InChI=1S/C18H28N4O10P2/c1-11-17(23)15(13(5-21-11)9-31-33(25,26)27)7-19-3-4-20-8-16-14(10-32-34(28,29)30)6-22-12(2)18(16)24/h5-6,19-20,23-24H,3-4,7-10H2,1-2H3,(H2,25,26,27)(H2,28,29,30). The molecule has 0 aliphatic heterocycles. The van der Waals surface area contributed by atoms with Crippen LogP contribution in [-0.2, 0) is 44.5 Å². The Balaban J connectivity index is 1.93. The maximum Gasteiger partial charge on any atom is 0.469 e. The normalized spacial score (nSPS) is 12.3. The molecule has 0 radical (unpaired) electrons. The van der Waals surface area contributed by atoms with E-state index in [4.69, 9.17) is 19.6 Å². The molecule has 14 nitrogen and oxygen atoms in total. The van der Waals surface area contributed by atoms with Gasteiger partial charge >= 0.3 is 15.6 Å². The minimum absolute atomic E-state index is 0.112. The summed E-state index contributed by atoms with van der Waals surface area (Å²) in [7, 11) is -9.38. The number of aromatic hydroxyl groups is 2. The number of pyridine rings is 2. The van der Waals surface area contributed by atoms with Crippen molar-refractivity contribution in [2.45, 2.75) is 40.2 Å². The van der Waals surface area contributed by atoms with Gasteiger partial charge in [-0.3, -0.25) is 19.0 Å². The quantitative estimate of drug-likeness (QED) is 0.133. The lowest BCUT2D eigenvalue weighted by Crippen LogP contribution is -2.27. The third-order valence-corrected chi connectivity index (χ3v) is 5.65. The Labute approximate surface area is 195 Å². The number of nitrogens with zero attached hydrogens (tertiary/aromatic N) is 2. The van der Waals surface area contributed by atoms with Crippen LogP contribution in [-0.4, -0.2) is 52.8 Å². The molecule has 0 fully saturated rings. The summed E-state index contributed by atoms with van der Waals surface area (Å²) >= 11 is 0. The van der Waals surface area contributed by atoms with Crippen molar-refractivity contribution in [1.82, 2.24) is 20.6 Å². The molecule has 2 rings (SSSR count). The lowest BCUT2D eigenvalue weighted by atomic mass is 10.1. The van der Waals surface area contributed by atoms with Gasteiger partial charge in [-0.05, 0) is 13.8 Å². The molecule has 2 aromatic heterocycles. The van der Waals surface area contributed by atoms with Crippen LogP contribution >= 0.6 is 15.6 Å². The number of phosphoric acid groups is 2. The monoisotopic (exact) mass is 522 g/mol. The largest absolute Gasteiger partial charge is 0.506 e. The second-order valence-corrected chi connectivity index (χ2v) is 9.75. The zero-order chi connectivity index (χ0) is 25.5. The van der Waals surface area contributed by atoms with Gasteiger partial charge in [-0.15, -0.1) is 0 Å². The molecule has 0 aliphatic rings. The second kappa shape index (κ2) is 12.1. The summed E-state index contributed by atoms with van der Waals surface area (Å²) in [6.45, 7) is 3.45. The third kappa shape index (κ3) is 9.01. The van der Waals surface area contributed by atoms with Crippen LogP contribution in [0, 0.1) is 13.8 Å². The van der Waals surface area contributed by atoms with E-state index in [1.807, 2.05) is 0 Å². The van der Waals surface area contributed by atoms with Gasteiger partial charge in [0.15, 0.2) is 0 Å². The van der Waals surface area contributed by atoms with Crippen LogP contribution in [0.4, 0.5) is 0 Å². The van der Waals surface area contributed by atoms with Crippen molar-refractivity contribution in [3.05, 3.63) is 46.0 Å². The van der Waals surface area contributed by atoms with E-state index >= 15 is 0 Å². The number of nitrogens with one attached hydrogen (secondary N) is 2. The molecule has 0 saturated carbocycles. The number of hydrogen-bond acceptors (Lipinski definition) is 10. The first kappa shape index (κ1) is 28.3. The van der Waals surface area contributed by atoms with Crippen molar-refractivity contribution >= 4 is 15.6 Å². The van der Waals surface area contributed by atoms with Crippen LogP contribution in [0.25, 0.3) is 0 Å². The lowest BCUT2D eigenvalue weighted by molar-refractivity contribution is 0.186. The first-order valence-corrected chi connectivity index (χ1v) is 13.0. The van der Waals surface area contributed by atoms with Gasteiger partial charge in [0.1, 0.15) is 11.5 Å². The summed E-state index contributed by atoms with van der Waals surface area (Å²) in [6.07, 6.45) is 2.74. The first-order valence-electron chi connectivity index (χ1n) is 9.92. The van der Waals surface area contributed by atoms with Gasteiger partial charge in [0.05, 0.1) is 24.6 Å². The van der Waals surface area contributed by atoms with E-state index in [0.717, 1.165) is 0 Å². The Morgan fingerprint density at radius 1 is 0.765 bits per heavy atom.